The third-order valence-corrected chi connectivity index (χ3v) is 2.95. The van der Waals surface area contributed by atoms with E-state index in [4.69, 9.17) is 4.84 Å². The lowest BCUT2D eigenvalue weighted by Crippen LogP contribution is -2.34. The Hall–Kier alpha value is -2.31. The highest BCUT2D eigenvalue weighted by Gasteiger charge is 2.36. The zero-order valence-corrected chi connectivity index (χ0v) is 10.6. The van der Waals surface area contributed by atoms with E-state index in [0.717, 1.165) is 24.3 Å². The molecule has 0 saturated heterocycles. The Morgan fingerprint density at radius 2 is 1.40 bits per heavy atom. The van der Waals surface area contributed by atoms with Gasteiger partial charge in [0, 0.05) is 11.1 Å². The molecule has 0 bridgehead atoms. The predicted octanol–water partition coefficient (Wildman–Crippen LogP) is 2.70. The Morgan fingerprint density at radius 3 is 1.80 bits per heavy atom. The molecule has 0 spiro atoms. The number of hydrogen-bond donors (Lipinski definition) is 0. The van der Waals surface area contributed by atoms with Gasteiger partial charge in [0.15, 0.2) is 5.75 Å². The second kappa shape index (κ2) is 4.66. The largest absolute Gasteiger partial charge is 0.416 e. The van der Waals surface area contributed by atoms with Gasteiger partial charge in [0.1, 0.15) is 0 Å². The summed E-state index contributed by atoms with van der Waals surface area (Å²) in [6.45, 7) is 2.96. The number of carbonyl (C=O) groups excluding carboxylic acids is 2. The van der Waals surface area contributed by atoms with E-state index in [2.05, 4.69) is 0 Å². The Labute approximate surface area is 112 Å². The first-order chi connectivity index (χ1) is 9.21. The van der Waals surface area contributed by atoms with Crippen LogP contribution >= 0.6 is 0 Å². The number of imide groups is 1. The summed E-state index contributed by atoms with van der Waals surface area (Å²) in [5.74, 6) is -1.26. The number of benzene rings is 1. The fourth-order valence-corrected chi connectivity index (χ4v) is 1.61. The van der Waals surface area contributed by atoms with E-state index in [0.29, 0.717) is 5.06 Å². The minimum absolute atomic E-state index is 0.0257. The van der Waals surface area contributed by atoms with Gasteiger partial charge >= 0.3 is 6.18 Å². The van der Waals surface area contributed by atoms with Crippen molar-refractivity contribution in [2.24, 2.45) is 0 Å². The summed E-state index contributed by atoms with van der Waals surface area (Å²) in [4.78, 5) is 28.4. The summed E-state index contributed by atoms with van der Waals surface area (Å²) < 4.78 is 37.2. The number of halogens is 3. The van der Waals surface area contributed by atoms with E-state index >= 15 is 0 Å². The molecule has 1 aromatic rings. The summed E-state index contributed by atoms with van der Waals surface area (Å²) in [6, 6.07) is 3.72. The first kappa shape index (κ1) is 14.1. The van der Waals surface area contributed by atoms with Crippen LogP contribution in [0.5, 0.6) is 5.75 Å². The molecule has 2 amide bonds. The van der Waals surface area contributed by atoms with E-state index in [1.807, 2.05) is 0 Å². The van der Waals surface area contributed by atoms with Crippen molar-refractivity contribution in [3.05, 3.63) is 41.0 Å². The second-order valence-corrected chi connectivity index (χ2v) is 4.27. The van der Waals surface area contributed by atoms with Gasteiger partial charge in [-0.15, -0.1) is 0 Å². The van der Waals surface area contributed by atoms with E-state index in [1.54, 1.807) is 0 Å². The van der Waals surface area contributed by atoms with Crippen LogP contribution in [0, 0.1) is 0 Å². The van der Waals surface area contributed by atoms with Crippen LogP contribution in [0.3, 0.4) is 0 Å². The maximum absolute atomic E-state index is 12.4. The van der Waals surface area contributed by atoms with Gasteiger partial charge in [-0.2, -0.15) is 13.2 Å². The summed E-state index contributed by atoms with van der Waals surface area (Å²) in [7, 11) is 0. The van der Waals surface area contributed by atoms with Crippen LogP contribution in [0.4, 0.5) is 13.2 Å². The molecule has 1 heterocycles. The molecule has 0 radical (unpaired) electrons. The zero-order valence-electron chi connectivity index (χ0n) is 10.6. The summed E-state index contributed by atoms with van der Waals surface area (Å²) in [5.41, 5.74) is -0.335. The zero-order chi connectivity index (χ0) is 15.1. The Bertz CT molecular complexity index is 578. The van der Waals surface area contributed by atoms with E-state index in [-0.39, 0.29) is 16.9 Å². The van der Waals surface area contributed by atoms with Gasteiger partial charge in [0.25, 0.3) is 11.8 Å². The first-order valence-electron chi connectivity index (χ1n) is 5.63. The number of rotatable bonds is 2. The quantitative estimate of drug-likeness (QED) is 0.785. The molecule has 2 rings (SSSR count). The first-order valence-corrected chi connectivity index (χ1v) is 5.63. The van der Waals surface area contributed by atoms with Crippen molar-refractivity contribution >= 4 is 11.8 Å². The van der Waals surface area contributed by atoms with Crippen molar-refractivity contribution in [2.45, 2.75) is 20.0 Å². The van der Waals surface area contributed by atoms with E-state index in [9.17, 15) is 22.8 Å². The topological polar surface area (TPSA) is 46.6 Å². The van der Waals surface area contributed by atoms with Crippen LogP contribution < -0.4 is 4.84 Å². The fraction of sp³-hybridized carbons (Fsp3) is 0.231. The molecular formula is C13H10F3NO3. The average Bonchev–Trinajstić information content (AvgIpc) is 2.56. The molecule has 0 aromatic heterocycles. The molecule has 106 valence electrons. The van der Waals surface area contributed by atoms with Gasteiger partial charge in [-0.3, -0.25) is 9.59 Å². The van der Waals surface area contributed by atoms with Crippen LogP contribution in [0.1, 0.15) is 19.4 Å². The van der Waals surface area contributed by atoms with Crippen molar-refractivity contribution in [3.63, 3.8) is 0 Å². The standard InChI is InChI=1S/C13H10F3NO3/c1-7-8(2)12(19)17(11(7)18)20-10-5-3-9(4-6-10)13(14,15)16/h3-6H,1-2H3. The molecule has 1 aliphatic rings. The molecule has 0 atom stereocenters. The summed E-state index contributed by atoms with van der Waals surface area (Å²) in [6.07, 6.45) is -4.45. The smallest absolute Gasteiger partial charge is 0.369 e. The number of amides is 2. The van der Waals surface area contributed by atoms with Crippen LogP contribution in [0.25, 0.3) is 0 Å². The van der Waals surface area contributed by atoms with Gasteiger partial charge in [-0.1, -0.05) is 5.06 Å². The van der Waals surface area contributed by atoms with Crippen molar-refractivity contribution in [2.75, 3.05) is 0 Å². The van der Waals surface area contributed by atoms with Crippen molar-refractivity contribution in [1.82, 2.24) is 5.06 Å². The normalized spacial score (nSPS) is 16.1. The number of alkyl halides is 3. The summed E-state index contributed by atoms with van der Waals surface area (Å²) >= 11 is 0. The number of hydroxylamine groups is 2. The molecule has 0 saturated carbocycles. The lowest BCUT2D eigenvalue weighted by Gasteiger charge is -2.15. The van der Waals surface area contributed by atoms with Crippen LogP contribution in [-0.2, 0) is 15.8 Å². The highest BCUT2D eigenvalue weighted by Crippen LogP contribution is 2.31. The van der Waals surface area contributed by atoms with Gasteiger partial charge in [-0.05, 0) is 38.1 Å². The molecule has 1 aromatic carbocycles. The van der Waals surface area contributed by atoms with Crippen molar-refractivity contribution < 1.29 is 27.6 Å². The Kier molecular flexibility index (Phi) is 3.29. The summed E-state index contributed by atoms with van der Waals surface area (Å²) in [5, 5.41) is 0.535. The van der Waals surface area contributed by atoms with E-state index in [1.165, 1.54) is 13.8 Å². The average molecular weight is 285 g/mol. The van der Waals surface area contributed by atoms with Crippen LogP contribution in [0.15, 0.2) is 35.4 Å². The van der Waals surface area contributed by atoms with E-state index < -0.39 is 23.6 Å². The predicted molar refractivity (Wildman–Crippen MR) is 62.3 cm³/mol. The molecule has 20 heavy (non-hydrogen) atoms. The molecule has 0 unspecified atom stereocenters. The minimum Gasteiger partial charge on any atom is -0.369 e. The highest BCUT2D eigenvalue weighted by atomic mass is 19.4. The van der Waals surface area contributed by atoms with Crippen molar-refractivity contribution in [1.29, 1.82) is 0 Å². The SMILES string of the molecule is CC1=C(C)C(=O)N(Oc2ccc(C(F)(F)F)cc2)C1=O. The lowest BCUT2D eigenvalue weighted by molar-refractivity contribution is -0.163. The van der Waals surface area contributed by atoms with Crippen molar-refractivity contribution in [3.8, 4) is 5.75 Å². The van der Waals surface area contributed by atoms with Gasteiger partial charge < -0.3 is 4.84 Å². The number of nitrogens with zero attached hydrogens (tertiary/aromatic N) is 1. The third-order valence-electron chi connectivity index (χ3n) is 2.95. The molecule has 1 aliphatic heterocycles. The third kappa shape index (κ3) is 2.38. The minimum atomic E-state index is -4.45. The second-order valence-electron chi connectivity index (χ2n) is 4.27. The Balaban J connectivity index is 2.17. The molecule has 0 fully saturated rings. The van der Waals surface area contributed by atoms with Crippen LogP contribution in [0.2, 0.25) is 0 Å². The monoisotopic (exact) mass is 285 g/mol. The van der Waals surface area contributed by atoms with Gasteiger partial charge in [0.05, 0.1) is 5.56 Å². The maximum atomic E-state index is 12.4. The molecule has 0 N–H and O–H groups in total. The van der Waals surface area contributed by atoms with Crippen LogP contribution in [-0.4, -0.2) is 16.9 Å². The molecule has 0 aliphatic carbocycles. The molecule has 4 nitrogen and oxygen atoms in total. The number of carbonyl (C=O) groups is 2. The maximum Gasteiger partial charge on any atom is 0.416 e. The lowest BCUT2D eigenvalue weighted by atomic mass is 10.2. The molecule has 7 heteroatoms. The van der Waals surface area contributed by atoms with Gasteiger partial charge in [0.2, 0.25) is 0 Å². The number of hydrogen-bond acceptors (Lipinski definition) is 3. The van der Waals surface area contributed by atoms with Gasteiger partial charge in [-0.25, -0.2) is 0 Å². The Morgan fingerprint density at radius 1 is 0.950 bits per heavy atom. The fourth-order valence-electron chi connectivity index (χ4n) is 1.61. The molecular weight excluding hydrogens is 275 g/mol. The highest BCUT2D eigenvalue weighted by molar-refractivity contribution is 6.17.